The average Bonchev–Trinajstić information content (AvgIpc) is 2.76. The van der Waals surface area contributed by atoms with Crippen LogP contribution in [0.3, 0.4) is 0 Å². The summed E-state index contributed by atoms with van der Waals surface area (Å²) in [5.41, 5.74) is 2.76. The molecule has 0 amide bonds. The number of hydrogen-bond acceptors (Lipinski definition) is 1. The van der Waals surface area contributed by atoms with Crippen LogP contribution in [-0.2, 0) is 4.79 Å². The van der Waals surface area contributed by atoms with Crippen LogP contribution < -0.4 is 0 Å². The molecule has 1 rings (SSSR count). The first kappa shape index (κ1) is 17.5. The van der Waals surface area contributed by atoms with Gasteiger partial charge in [0.15, 0.2) is 5.78 Å². The van der Waals surface area contributed by atoms with Crippen LogP contribution in [0.25, 0.3) is 0 Å². The Morgan fingerprint density at radius 3 is 2.00 bits per heavy atom. The molecule has 1 atom stereocenters. The monoisotopic (exact) mass is 278 g/mol. The van der Waals surface area contributed by atoms with Crippen molar-refractivity contribution in [1.29, 1.82) is 0 Å². The van der Waals surface area contributed by atoms with E-state index in [9.17, 15) is 4.79 Å². The molecule has 0 N–H and O–H groups in total. The predicted octanol–water partition coefficient (Wildman–Crippen LogP) is 6.22. The highest BCUT2D eigenvalue weighted by Gasteiger charge is 2.30. The van der Waals surface area contributed by atoms with Crippen molar-refractivity contribution in [3.05, 3.63) is 11.1 Å². The van der Waals surface area contributed by atoms with Crippen LogP contribution in [0, 0.1) is 5.92 Å². The van der Waals surface area contributed by atoms with Gasteiger partial charge < -0.3 is 0 Å². The van der Waals surface area contributed by atoms with E-state index < -0.39 is 0 Å². The van der Waals surface area contributed by atoms with E-state index in [1.165, 1.54) is 68.9 Å². The Labute approximate surface area is 126 Å². The van der Waals surface area contributed by atoms with Gasteiger partial charge in [-0.3, -0.25) is 4.79 Å². The number of carbonyl (C=O) groups excluding carboxylic acids is 1. The van der Waals surface area contributed by atoms with E-state index in [4.69, 9.17) is 0 Å². The molecule has 0 aromatic carbocycles. The highest BCUT2D eigenvalue weighted by Crippen LogP contribution is 2.36. The number of hydrogen-bond donors (Lipinski definition) is 0. The SMILES string of the molecule is CCCCCCC1=C(CCCCCC)C(=O)C(CC)C1. The number of carbonyl (C=O) groups is 1. The first-order chi connectivity index (χ1) is 9.74. The fourth-order valence-electron chi connectivity index (χ4n) is 3.31. The van der Waals surface area contributed by atoms with Crippen molar-refractivity contribution in [2.75, 3.05) is 0 Å². The van der Waals surface area contributed by atoms with Gasteiger partial charge in [-0.1, -0.05) is 64.9 Å². The minimum absolute atomic E-state index is 0.317. The minimum atomic E-state index is 0.317. The molecule has 20 heavy (non-hydrogen) atoms. The maximum Gasteiger partial charge on any atom is 0.162 e. The second-order valence-corrected chi connectivity index (χ2v) is 6.38. The molecule has 0 aromatic heterocycles. The summed E-state index contributed by atoms with van der Waals surface area (Å²) in [5, 5.41) is 0. The van der Waals surface area contributed by atoms with Crippen LogP contribution in [0.15, 0.2) is 11.1 Å². The van der Waals surface area contributed by atoms with Crippen LogP contribution in [0.1, 0.15) is 97.8 Å². The summed E-state index contributed by atoms with van der Waals surface area (Å²) in [6, 6.07) is 0. The van der Waals surface area contributed by atoms with Crippen LogP contribution in [0.2, 0.25) is 0 Å². The molecule has 1 heteroatoms. The molecule has 1 aliphatic carbocycles. The Balaban J connectivity index is 2.50. The molecule has 0 heterocycles. The second-order valence-electron chi connectivity index (χ2n) is 6.38. The smallest absolute Gasteiger partial charge is 0.162 e. The van der Waals surface area contributed by atoms with Crippen molar-refractivity contribution in [2.24, 2.45) is 5.92 Å². The lowest BCUT2D eigenvalue weighted by atomic mass is 9.98. The third kappa shape index (κ3) is 5.42. The molecule has 0 radical (unpaired) electrons. The zero-order valence-corrected chi connectivity index (χ0v) is 14.0. The number of unbranched alkanes of at least 4 members (excludes halogenated alkanes) is 6. The Kier molecular flexibility index (Phi) is 8.89. The normalized spacial score (nSPS) is 19.1. The van der Waals surface area contributed by atoms with Crippen molar-refractivity contribution < 1.29 is 4.79 Å². The van der Waals surface area contributed by atoms with Gasteiger partial charge >= 0.3 is 0 Å². The quantitative estimate of drug-likeness (QED) is 0.410. The van der Waals surface area contributed by atoms with Gasteiger partial charge in [0.2, 0.25) is 0 Å². The van der Waals surface area contributed by atoms with Gasteiger partial charge in [0, 0.05) is 5.92 Å². The lowest BCUT2D eigenvalue weighted by Crippen LogP contribution is -2.08. The molecule has 0 aliphatic heterocycles. The first-order valence-electron chi connectivity index (χ1n) is 8.99. The van der Waals surface area contributed by atoms with Crippen molar-refractivity contribution in [1.82, 2.24) is 0 Å². The van der Waals surface area contributed by atoms with Crippen LogP contribution in [0.5, 0.6) is 0 Å². The number of ketones is 1. The lowest BCUT2D eigenvalue weighted by molar-refractivity contribution is -0.118. The maximum atomic E-state index is 12.4. The van der Waals surface area contributed by atoms with E-state index in [1.54, 1.807) is 0 Å². The fraction of sp³-hybridized carbons (Fsp3) is 0.842. The zero-order chi connectivity index (χ0) is 14.8. The lowest BCUT2D eigenvalue weighted by Gasteiger charge is -2.06. The molecule has 0 aromatic rings. The van der Waals surface area contributed by atoms with E-state index >= 15 is 0 Å². The molecular weight excluding hydrogens is 244 g/mol. The Morgan fingerprint density at radius 1 is 0.850 bits per heavy atom. The van der Waals surface area contributed by atoms with E-state index in [1.807, 2.05) is 0 Å². The molecular formula is C19H34O. The Morgan fingerprint density at radius 2 is 1.45 bits per heavy atom. The van der Waals surface area contributed by atoms with Gasteiger partial charge in [-0.25, -0.2) is 0 Å². The number of Topliss-reactive ketones (excluding diaryl/α,β-unsaturated/α-hetero) is 1. The molecule has 0 spiro atoms. The molecule has 0 saturated carbocycles. The van der Waals surface area contributed by atoms with Crippen molar-refractivity contribution >= 4 is 5.78 Å². The van der Waals surface area contributed by atoms with E-state index in [0.29, 0.717) is 11.7 Å². The molecule has 1 unspecified atom stereocenters. The Hall–Kier alpha value is -0.590. The van der Waals surface area contributed by atoms with Gasteiger partial charge in [-0.2, -0.15) is 0 Å². The van der Waals surface area contributed by atoms with Crippen LogP contribution in [0.4, 0.5) is 0 Å². The standard InChI is InChI=1S/C19H34O/c1-4-7-9-11-13-17-15-16(6-3)19(20)18(17)14-12-10-8-5-2/h16H,4-15H2,1-3H3. The van der Waals surface area contributed by atoms with Crippen molar-refractivity contribution in [3.63, 3.8) is 0 Å². The molecule has 0 saturated heterocycles. The third-order valence-electron chi connectivity index (χ3n) is 4.69. The fourth-order valence-corrected chi connectivity index (χ4v) is 3.31. The highest BCUT2D eigenvalue weighted by molar-refractivity contribution is 6.00. The summed E-state index contributed by atoms with van der Waals surface area (Å²) in [7, 11) is 0. The molecule has 0 fully saturated rings. The third-order valence-corrected chi connectivity index (χ3v) is 4.69. The summed E-state index contributed by atoms with van der Waals surface area (Å²) in [6.45, 7) is 6.66. The van der Waals surface area contributed by atoms with Gasteiger partial charge in [0.25, 0.3) is 0 Å². The highest BCUT2D eigenvalue weighted by atomic mass is 16.1. The summed E-state index contributed by atoms with van der Waals surface area (Å²) in [4.78, 5) is 12.4. The molecule has 0 bridgehead atoms. The number of rotatable bonds is 11. The minimum Gasteiger partial charge on any atom is -0.294 e. The van der Waals surface area contributed by atoms with E-state index in [2.05, 4.69) is 20.8 Å². The van der Waals surface area contributed by atoms with Crippen molar-refractivity contribution in [3.8, 4) is 0 Å². The first-order valence-corrected chi connectivity index (χ1v) is 8.99. The van der Waals surface area contributed by atoms with Gasteiger partial charge in [0.05, 0.1) is 0 Å². The summed E-state index contributed by atoms with van der Waals surface area (Å²) in [6.07, 6.45) is 14.7. The molecule has 1 aliphatic rings. The Bertz CT molecular complexity index is 314. The summed E-state index contributed by atoms with van der Waals surface area (Å²) in [5.74, 6) is 0.812. The topological polar surface area (TPSA) is 17.1 Å². The average molecular weight is 278 g/mol. The largest absolute Gasteiger partial charge is 0.294 e. The predicted molar refractivity (Wildman–Crippen MR) is 87.9 cm³/mol. The van der Waals surface area contributed by atoms with E-state index in [-0.39, 0.29) is 0 Å². The molecule has 1 nitrogen and oxygen atoms in total. The van der Waals surface area contributed by atoms with Crippen LogP contribution >= 0.6 is 0 Å². The second kappa shape index (κ2) is 10.2. The molecule has 116 valence electrons. The van der Waals surface area contributed by atoms with Crippen molar-refractivity contribution in [2.45, 2.75) is 97.8 Å². The van der Waals surface area contributed by atoms with Crippen LogP contribution in [-0.4, -0.2) is 5.78 Å². The van der Waals surface area contributed by atoms with Gasteiger partial charge in [-0.15, -0.1) is 0 Å². The van der Waals surface area contributed by atoms with Gasteiger partial charge in [-0.05, 0) is 44.1 Å². The number of allylic oxidation sites excluding steroid dienone is 2. The summed E-state index contributed by atoms with van der Waals surface area (Å²) < 4.78 is 0. The maximum absolute atomic E-state index is 12.4. The zero-order valence-electron chi connectivity index (χ0n) is 14.0. The van der Waals surface area contributed by atoms with E-state index in [0.717, 1.165) is 19.3 Å². The summed E-state index contributed by atoms with van der Waals surface area (Å²) >= 11 is 0. The van der Waals surface area contributed by atoms with Gasteiger partial charge in [0.1, 0.15) is 0 Å².